The summed E-state index contributed by atoms with van der Waals surface area (Å²) < 4.78 is 16.0. The summed E-state index contributed by atoms with van der Waals surface area (Å²) in [5.41, 5.74) is 1.27. The van der Waals surface area contributed by atoms with Crippen LogP contribution in [0.2, 0.25) is 0 Å². The number of H-pyrrole nitrogens is 1. The Morgan fingerprint density at radius 1 is 1.11 bits per heavy atom. The molecule has 2 heterocycles. The van der Waals surface area contributed by atoms with Crippen LogP contribution in [-0.2, 0) is 4.74 Å². The molecule has 6 nitrogen and oxygen atoms in total. The number of carbonyl (C=O) groups excluding carboxylic acids is 1. The summed E-state index contributed by atoms with van der Waals surface area (Å²) in [5, 5.41) is 1.27. The highest BCUT2D eigenvalue weighted by atomic mass is 16.5. The van der Waals surface area contributed by atoms with Crippen molar-refractivity contribution in [1.29, 1.82) is 0 Å². The maximum atomic E-state index is 12.8. The zero-order valence-electron chi connectivity index (χ0n) is 14.9. The summed E-state index contributed by atoms with van der Waals surface area (Å²) in [6.45, 7) is 1.94. The second kappa shape index (κ2) is 6.64. The number of hydrogen-bond donors (Lipinski definition) is 1. The van der Waals surface area contributed by atoms with Gasteiger partial charge >= 0.3 is 11.6 Å². The maximum absolute atomic E-state index is 12.8. The Hall–Kier alpha value is -3.54. The number of hydrogen-bond acceptors (Lipinski definition) is 5. The zero-order valence-corrected chi connectivity index (χ0v) is 14.9. The van der Waals surface area contributed by atoms with Gasteiger partial charge in [0.15, 0.2) is 5.76 Å². The van der Waals surface area contributed by atoms with Crippen LogP contribution < -0.4 is 10.4 Å². The summed E-state index contributed by atoms with van der Waals surface area (Å²) in [6, 6.07) is 14.4. The molecule has 0 amide bonds. The molecule has 0 spiro atoms. The molecule has 0 bridgehead atoms. The molecule has 4 aromatic rings. The first-order valence-electron chi connectivity index (χ1n) is 8.53. The molecular formula is C21H17NO5. The third-order valence-corrected chi connectivity index (χ3v) is 4.41. The van der Waals surface area contributed by atoms with Crippen LogP contribution in [0.4, 0.5) is 0 Å². The largest absolute Gasteiger partial charge is 0.497 e. The Morgan fingerprint density at radius 2 is 1.85 bits per heavy atom. The van der Waals surface area contributed by atoms with Gasteiger partial charge in [0.05, 0.1) is 13.7 Å². The van der Waals surface area contributed by atoms with Crippen molar-refractivity contribution in [3.05, 3.63) is 64.5 Å². The Bertz CT molecular complexity index is 1200. The van der Waals surface area contributed by atoms with Gasteiger partial charge < -0.3 is 18.9 Å². The van der Waals surface area contributed by atoms with Crippen LogP contribution in [0.3, 0.4) is 0 Å². The number of carbonyl (C=O) groups is 1. The van der Waals surface area contributed by atoms with Gasteiger partial charge in [-0.1, -0.05) is 18.2 Å². The minimum absolute atomic E-state index is 0.179. The van der Waals surface area contributed by atoms with E-state index in [2.05, 4.69) is 4.98 Å². The fourth-order valence-electron chi connectivity index (χ4n) is 3.21. The van der Waals surface area contributed by atoms with Crippen LogP contribution in [0.5, 0.6) is 5.75 Å². The molecule has 0 saturated heterocycles. The standard InChI is InChI=1S/C21H17NO5/c1-3-26-20(23)17-16-14-6-4-5-7-15(14)22-18(16)21(24)27-19(17)12-8-10-13(25-2)11-9-12/h4-11,22H,3H2,1-2H3. The van der Waals surface area contributed by atoms with Crippen LogP contribution in [0, 0.1) is 0 Å². The van der Waals surface area contributed by atoms with Crippen LogP contribution in [0.15, 0.2) is 57.7 Å². The molecule has 0 aliphatic heterocycles. The third-order valence-electron chi connectivity index (χ3n) is 4.41. The van der Waals surface area contributed by atoms with E-state index in [-0.39, 0.29) is 23.4 Å². The number of rotatable bonds is 4. The number of aromatic nitrogens is 1. The Kier molecular flexibility index (Phi) is 4.16. The Labute approximate surface area is 154 Å². The van der Waals surface area contributed by atoms with E-state index >= 15 is 0 Å². The molecule has 0 saturated carbocycles. The van der Waals surface area contributed by atoms with Crippen LogP contribution in [0.1, 0.15) is 17.3 Å². The summed E-state index contributed by atoms with van der Waals surface area (Å²) in [7, 11) is 1.57. The van der Waals surface area contributed by atoms with Gasteiger partial charge in [0.1, 0.15) is 16.8 Å². The average molecular weight is 363 g/mol. The molecule has 136 valence electrons. The van der Waals surface area contributed by atoms with Crippen molar-refractivity contribution in [2.75, 3.05) is 13.7 Å². The van der Waals surface area contributed by atoms with E-state index in [9.17, 15) is 9.59 Å². The van der Waals surface area contributed by atoms with Crippen LogP contribution in [-0.4, -0.2) is 24.7 Å². The van der Waals surface area contributed by atoms with Crippen molar-refractivity contribution >= 4 is 27.8 Å². The topological polar surface area (TPSA) is 81.5 Å². The number of benzene rings is 2. The SMILES string of the molecule is CCOC(=O)c1c(-c2ccc(OC)cc2)oc(=O)c2[nH]c3ccccc3c12. The molecule has 1 N–H and O–H groups in total. The summed E-state index contributed by atoms with van der Waals surface area (Å²) >= 11 is 0. The van der Waals surface area contributed by atoms with E-state index in [4.69, 9.17) is 13.9 Å². The number of ether oxygens (including phenoxy) is 2. The first-order chi connectivity index (χ1) is 13.1. The van der Waals surface area contributed by atoms with E-state index in [1.807, 2.05) is 24.3 Å². The van der Waals surface area contributed by atoms with Gasteiger partial charge in [0, 0.05) is 21.9 Å². The fourth-order valence-corrected chi connectivity index (χ4v) is 3.21. The highest BCUT2D eigenvalue weighted by molar-refractivity contribution is 6.18. The van der Waals surface area contributed by atoms with Gasteiger partial charge in [0.25, 0.3) is 0 Å². The summed E-state index contributed by atoms with van der Waals surface area (Å²) in [4.78, 5) is 28.5. The van der Waals surface area contributed by atoms with E-state index in [0.29, 0.717) is 16.7 Å². The lowest BCUT2D eigenvalue weighted by Crippen LogP contribution is -2.11. The van der Waals surface area contributed by atoms with Gasteiger partial charge in [-0.25, -0.2) is 9.59 Å². The quantitative estimate of drug-likeness (QED) is 0.552. The highest BCUT2D eigenvalue weighted by Crippen LogP contribution is 2.34. The smallest absolute Gasteiger partial charge is 0.360 e. The fraction of sp³-hybridized carbons (Fsp3) is 0.143. The minimum atomic E-state index is -0.542. The number of fused-ring (bicyclic) bond motifs is 3. The molecule has 6 heteroatoms. The molecule has 2 aromatic heterocycles. The number of para-hydroxylation sites is 1. The number of nitrogens with one attached hydrogen (secondary N) is 1. The predicted octanol–water partition coefficient (Wildman–Crippen LogP) is 4.13. The van der Waals surface area contributed by atoms with Gasteiger partial charge in [0.2, 0.25) is 0 Å². The highest BCUT2D eigenvalue weighted by Gasteiger charge is 2.25. The Balaban J connectivity index is 2.11. The molecular weight excluding hydrogens is 346 g/mol. The monoisotopic (exact) mass is 363 g/mol. The molecule has 2 aromatic carbocycles. The van der Waals surface area contributed by atoms with Gasteiger partial charge in [-0.05, 0) is 37.3 Å². The molecule has 0 radical (unpaired) electrons. The normalized spacial score (nSPS) is 11.0. The van der Waals surface area contributed by atoms with Crippen LogP contribution in [0.25, 0.3) is 33.1 Å². The molecule has 0 fully saturated rings. The van der Waals surface area contributed by atoms with Crippen molar-refractivity contribution in [3.63, 3.8) is 0 Å². The van der Waals surface area contributed by atoms with E-state index in [1.165, 1.54) is 0 Å². The third kappa shape index (κ3) is 2.75. The lowest BCUT2D eigenvalue weighted by molar-refractivity contribution is 0.0527. The first-order valence-corrected chi connectivity index (χ1v) is 8.53. The number of esters is 1. The van der Waals surface area contributed by atoms with Crippen molar-refractivity contribution in [1.82, 2.24) is 4.98 Å². The number of aromatic amines is 1. The molecule has 0 aliphatic carbocycles. The number of methoxy groups -OCH3 is 1. The molecule has 27 heavy (non-hydrogen) atoms. The van der Waals surface area contributed by atoms with Crippen molar-refractivity contribution < 1.29 is 18.7 Å². The summed E-state index contributed by atoms with van der Waals surface area (Å²) in [6.07, 6.45) is 0. The van der Waals surface area contributed by atoms with Crippen molar-refractivity contribution in [2.24, 2.45) is 0 Å². The molecule has 0 unspecified atom stereocenters. The summed E-state index contributed by atoms with van der Waals surface area (Å²) in [5.74, 6) is 0.298. The lowest BCUT2D eigenvalue weighted by Gasteiger charge is -2.10. The minimum Gasteiger partial charge on any atom is -0.497 e. The van der Waals surface area contributed by atoms with E-state index in [1.54, 1.807) is 38.3 Å². The van der Waals surface area contributed by atoms with Crippen molar-refractivity contribution in [2.45, 2.75) is 6.92 Å². The lowest BCUT2D eigenvalue weighted by atomic mass is 10.0. The molecule has 0 aliphatic rings. The van der Waals surface area contributed by atoms with Gasteiger partial charge in [-0.2, -0.15) is 0 Å². The van der Waals surface area contributed by atoms with E-state index < -0.39 is 11.6 Å². The predicted molar refractivity (Wildman–Crippen MR) is 102 cm³/mol. The average Bonchev–Trinajstić information content (AvgIpc) is 3.08. The van der Waals surface area contributed by atoms with Gasteiger partial charge in [-0.3, -0.25) is 0 Å². The molecule has 0 atom stereocenters. The van der Waals surface area contributed by atoms with Crippen molar-refractivity contribution in [3.8, 4) is 17.1 Å². The van der Waals surface area contributed by atoms with E-state index in [0.717, 1.165) is 10.9 Å². The Morgan fingerprint density at radius 3 is 2.56 bits per heavy atom. The zero-order chi connectivity index (χ0) is 19.0. The first kappa shape index (κ1) is 16.9. The van der Waals surface area contributed by atoms with Gasteiger partial charge in [-0.15, -0.1) is 0 Å². The maximum Gasteiger partial charge on any atom is 0.360 e. The van der Waals surface area contributed by atoms with Crippen LogP contribution >= 0.6 is 0 Å². The molecule has 4 rings (SSSR count). The second-order valence-electron chi connectivity index (χ2n) is 5.96. The second-order valence-corrected chi connectivity index (χ2v) is 5.96.